The van der Waals surface area contributed by atoms with Gasteiger partial charge in [-0.3, -0.25) is 4.90 Å². The van der Waals surface area contributed by atoms with Crippen LogP contribution in [0.25, 0.3) is 0 Å². The van der Waals surface area contributed by atoms with Gasteiger partial charge in [0, 0.05) is 43.8 Å². The predicted octanol–water partition coefficient (Wildman–Crippen LogP) is 2.59. The Morgan fingerprint density at radius 1 is 1.39 bits per heavy atom. The predicted molar refractivity (Wildman–Crippen MR) is 92.8 cm³/mol. The highest BCUT2D eigenvalue weighted by molar-refractivity contribution is 6.30. The van der Waals surface area contributed by atoms with Crippen molar-refractivity contribution >= 4 is 17.6 Å². The molecular formula is C17H26ClN3O2. The first-order valence-corrected chi connectivity index (χ1v) is 8.32. The lowest BCUT2D eigenvalue weighted by molar-refractivity contribution is -0.00900. The number of hydrogen-bond acceptors (Lipinski definition) is 3. The molecule has 0 bridgehead atoms. The Labute approximate surface area is 143 Å². The second-order valence-electron chi connectivity index (χ2n) is 6.56. The molecule has 6 heteroatoms. The molecule has 2 rings (SSSR count). The molecular weight excluding hydrogens is 314 g/mol. The summed E-state index contributed by atoms with van der Waals surface area (Å²) in [6, 6.07) is 7.49. The van der Waals surface area contributed by atoms with E-state index >= 15 is 0 Å². The molecule has 0 radical (unpaired) electrons. The van der Waals surface area contributed by atoms with Crippen molar-refractivity contribution in [2.75, 3.05) is 39.9 Å². The van der Waals surface area contributed by atoms with E-state index in [9.17, 15) is 4.79 Å². The van der Waals surface area contributed by atoms with Crippen molar-refractivity contribution in [1.29, 1.82) is 0 Å². The van der Waals surface area contributed by atoms with Crippen LogP contribution in [0.15, 0.2) is 24.3 Å². The van der Waals surface area contributed by atoms with Crippen molar-refractivity contribution in [1.82, 2.24) is 15.1 Å². The third kappa shape index (κ3) is 5.37. The van der Waals surface area contributed by atoms with E-state index in [-0.39, 0.29) is 11.6 Å². The molecule has 0 aromatic heterocycles. The average Bonchev–Trinajstić information content (AvgIpc) is 2.53. The summed E-state index contributed by atoms with van der Waals surface area (Å²) >= 11 is 5.98. The summed E-state index contributed by atoms with van der Waals surface area (Å²) in [4.78, 5) is 16.3. The first-order valence-electron chi connectivity index (χ1n) is 7.95. The average molecular weight is 340 g/mol. The Hall–Kier alpha value is -1.30. The van der Waals surface area contributed by atoms with Crippen molar-refractivity contribution < 1.29 is 9.53 Å². The Bertz CT molecular complexity index is 530. The van der Waals surface area contributed by atoms with Gasteiger partial charge in [-0.25, -0.2) is 4.79 Å². The molecule has 1 saturated heterocycles. The van der Waals surface area contributed by atoms with E-state index in [4.69, 9.17) is 16.3 Å². The molecule has 1 N–H and O–H groups in total. The number of benzene rings is 1. The minimum absolute atomic E-state index is 0.0775. The number of halogens is 1. The molecule has 0 aliphatic carbocycles. The molecule has 0 saturated carbocycles. The molecule has 23 heavy (non-hydrogen) atoms. The van der Waals surface area contributed by atoms with E-state index in [1.807, 2.05) is 24.3 Å². The first-order chi connectivity index (χ1) is 10.9. The van der Waals surface area contributed by atoms with Gasteiger partial charge in [0.2, 0.25) is 0 Å². The Morgan fingerprint density at radius 2 is 2.09 bits per heavy atom. The van der Waals surface area contributed by atoms with Gasteiger partial charge in [-0.2, -0.15) is 0 Å². The lowest BCUT2D eigenvalue weighted by Crippen LogP contribution is -2.56. The summed E-state index contributed by atoms with van der Waals surface area (Å²) < 4.78 is 5.39. The van der Waals surface area contributed by atoms with Crippen molar-refractivity contribution in [3.8, 4) is 0 Å². The summed E-state index contributed by atoms with van der Waals surface area (Å²) in [5.74, 6) is 0. The number of carbonyl (C=O) groups excluding carboxylic acids is 1. The molecule has 0 unspecified atom stereocenters. The van der Waals surface area contributed by atoms with Gasteiger partial charge in [0.25, 0.3) is 0 Å². The lowest BCUT2D eigenvalue weighted by atomic mass is 10.0. The minimum Gasteiger partial charge on any atom is -0.379 e. The van der Waals surface area contributed by atoms with E-state index in [0.717, 1.165) is 31.9 Å². The summed E-state index contributed by atoms with van der Waals surface area (Å²) in [6.07, 6.45) is 0. The van der Waals surface area contributed by atoms with Gasteiger partial charge in [-0.15, -0.1) is 0 Å². The molecule has 0 spiro atoms. The van der Waals surface area contributed by atoms with Crippen molar-refractivity contribution in [3.63, 3.8) is 0 Å². The van der Waals surface area contributed by atoms with Crippen molar-refractivity contribution in [2.24, 2.45) is 0 Å². The maximum Gasteiger partial charge on any atom is 0.317 e. The standard InChI is InChI=1S/C17H26ClN3O2/c1-17(2,21-7-9-23-10-8-21)13-19-16(22)20(3)12-14-5-4-6-15(18)11-14/h4-6,11H,7-10,12-13H2,1-3H3,(H,19,22). The maximum atomic E-state index is 12.3. The summed E-state index contributed by atoms with van der Waals surface area (Å²) in [5, 5.41) is 3.71. The number of rotatable bonds is 5. The Balaban J connectivity index is 1.83. The zero-order valence-electron chi connectivity index (χ0n) is 14.1. The van der Waals surface area contributed by atoms with E-state index in [1.54, 1.807) is 11.9 Å². The van der Waals surface area contributed by atoms with Gasteiger partial charge in [-0.05, 0) is 31.5 Å². The van der Waals surface area contributed by atoms with Crippen LogP contribution in [-0.2, 0) is 11.3 Å². The third-order valence-electron chi connectivity index (χ3n) is 4.19. The van der Waals surface area contributed by atoms with E-state index < -0.39 is 0 Å². The zero-order valence-corrected chi connectivity index (χ0v) is 14.9. The molecule has 0 atom stereocenters. The maximum absolute atomic E-state index is 12.3. The van der Waals surface area contributed by atoms with E-state index in [0.29, 0.717) is 18.1 Å². The first kappa shape index (κ1) is 18.0. The highest BCUT2D eigenvalue weighted by Crippen LogP contribution is 2.16. The molecule has 128 valence electrons. The van der Waals surface area contributed by atoms with E-state index in [2.05, 4.69) is 24.1 Å². The van der Waals surface area contributed by atoms with Crippen LogP contribution < -0.4 is 5.32 Å². The molecule has 1 aromatic rings. The number of hydrogen-bond donors (Lipinski definition) is 1. The van der Waals surface area contributed by atoms with E-state index in [1.165, 1.54) is 0 Å². The lowest BCUT2D eigenvalue weighted by Gasteiger charge is -2.41. The van der Waals surface area contributed by atoms with Crippen molar-refractivity contribution in [2.45, 2.75) is 25.9 Å². The van der Waals surface area contributed by atoms with Gasteiger partial charge >= 0.3 is 6.03 Å². The molecule has 1 aromatic carbocycles. The molecule has 5 nitrogen and oxygen atoms in total. The van der Waals surface area contributed by atoms with Crippen LogP contribution >= 0.6 is 11.6 Å². The highest BCUT2D eigenvalue weighted by atomic mass is 35.5. The second kappa shape index (κ2) is 7.99. The van der Waals surface area contributed by atoms with Crippen LogP contribution in [0.2, 0.25) is 5.02 Å². The Morgan fingerprint density at radius 3 is 2.74 bits per heavy atom. The molecule has 2 amide bonds. The molecule has 1 aliphatic heterocycles. The number of carbonyl (C=O) groups is 1. The van der Waals surface area contributed by atoms with Gasteiger partial charge in [-0.1, -0.05) is 23.7 Å². The number of amides is 2. The number of nitrogens with one attached hydrogen (secondary N) is 1. The molecule has 1 aliphatic rings. The summed E-state index contributed by atoms with van der Waals surface area (Å²) in [5.41, 5.74) is 0.929. The van der Waals surface area contributed by atoms with Crippen LogP contribution in [0.4, 0.5) is 4.79 Å². The smallest absolute Gasteiger partial charge is 0.317 e. The van der Waals surface area contributed by atoms with Gasteiger partial charge in [0.15, 0.2) is 0 Å². The van der Waals surface area contributed by atoms with Crippen LogP contribution in [0.5, 0.6) is 0 Å². The number of nitrogens with zero attached hydrogens (tertiary/aromatic N) is 2. The highest BCUT2D eigenvalue weighted by Gasteiger charge is 2.28. The minimum atomic E-state index is -0.0870. The van der Waals surface area contributed by atoms with Gasteiger partial charge < -0.3 is 15.0 Å². The van der Waals surface area contributed by atoms with Crippen LogP contribution in [0.3, 0.4) is 0 Å². The number of urea groups is 1. The number of morpholine rings is 1. The normalized spacial score (nSPS) is 16.2. The fourth-order valence-corrected chi connectivity index (χ4v) is 2.90. The summed E-state index contributed by atoms with van der Waals surface area (Å²) in [6.45, 7) is 8.75. The van der Waals surface area contributed by atoms with Gasteiger partial charge in [0.05, 0.1) is 13.2 Å². The van der Waals surface area contributed by atoms with Crippen molar-refractivity contribution in [3.05, 3.63) is 34.9 Å². The second-order valence-corrected chi connectivity index (χ2v) is 6.99. The topological polar surface area (TPSA) is 44.8 Å². The quantitative estimate of drug-likeness (QED) is 0.896. The SMILES string of the molecule is CN(Cc1cccc(Cl)c1)C(=O)NCC(C)(C)N1CCOCC1. The largest absolute Gasteiger partial charge is 0.379 e. The number of ether oxygens (including phenoxy) is 1. The Kier molecular flexibility index (Phi) is 6.27. The summed E-state index contributed by atoms with van der Waals surface area (Å²) in [7, 11) is 1.79. The third-order valence-corrected chi connectivity index (χ3v) is 4.43. The van der Waals surface area contributed by atoms with Crippen LogP contribution in [0.1, 0.15) is 19.4 Å². The fourth-order valence-electron chi connectivity index (χ4n) is 2.69. The molecule has 1 heterocycles. The monoisotopic (exact) mass is 339 g/mol. The van der Waals surface area contributed by atoms with Crippen LogP contribution in [-0.4, -0.2) is 61.3 Å². The van der Waals surface area contributed by atoms with Gasteiger partial charge in [0.1, 0.15) is 0 Å². The zero-order chi connectivity index (χ0) is 16.9. The molecule has 1 fully saturated rings. The fraction of sp³-hybridized carbons (Fsp3) is 0.588. The van der Waals surface area contributed by atoms with Crippen LogP contribution in [0, 0.1) is 0 Å².